The van der Waals surface area contributed by atoms with E-state index in [1.165, 1.54) is 104 Å². The Bertz CT molecular complexity index is 2610. The van der Waals surface area contributed by atoms with Crippen LogP contribution in [0, 0.1) is 32.6 Å². The predicted octanol–water partition coefficient (Wildman–Crippen LogP) is 13.0. The average molecular weight is 671 g/mol. The van der Waals surface area contributed by atoms with E-state index in [4.69, 9.17) is 11.6 Å². The summed E-state index contributed by atoms with van der Waals surface area (Å²) in [6.07, 6.45) is 6.99. The second-order valence-electron chi connectivity index (χ2n) is 17.0. The summed E-state index contributed by atoms with van der Waals surface area (Å²) < 4.78 is 5.04. The highest BCUT2D eigenvalue weighted by Crippen LogP contribution is 2.57. The molecular weight excluding hydrogens is 628 g/mol. The SMILES string of the molecule is Cc1cc(-c2ccc3c(c2)C2CC4CC(CC3C4)C2)c(Cl)c(-n2c3c(C)cc(C)cc3n3c4c(cc23)-c2ccc3ccccc3c2C4(C)C)c1. The standard InChI is InChI=1S/C47H43ClN2/c1-25-14-27(3)45-41(17-25)50-42(24-39-36-13-10-30-8-6-7-9-35(30)43(36)47(4,5)46(39)50)49(45)40-16-26(2)15-38(44(40)48)31-11-12-34-32-19-28-18-29(20-32)22-33(21-28)37(34)23-31/h6-17,23-24,28-29,32-33H,18-22H2,1-5H3. The number of rotatable bonds is 2. The second kappa shape index (κ2) is 9.95. The number of benzene rings is 5. The van der Waals surface area contributed by atoms with Crippen LogP contribution in [0.3, 0.4) is 0 Å². The number of hydrogen-bond acceptors (Lipinski definition) is 0. The Hall–Kier alpha value is -4.27. The van der Waals surface area contributed by atoms with Crippen molar-refractivity contribution in [2.24, 2.45) is 11.8 Å². The first kappa shape index (κ1) is 29.5. The van der Waals surface area contributed by atoms with Crippen LogP contribution < -0.4 is 0 Å². The Labute approximate surface area is 299 Å². The van der Waals surface area contributed by atoms with Gasteiger partial charge < -0.3 is 0 Å². The molecule has 7 aromatic rings. The molecule has 4 bridgehead atoms. The van der Waals surface area contributed by atoms with E-state index in [1.54, 1.807) is 11.1 Å². The number of nitrogens with zero attached hydrogens (tertiary/aromatic N) is 2. The molecule has 2 unspecified atom stereocenters. The van der Waals surface area contributed by atoms with Gasteiger partial charge in [0.15, 0.2) is 0 Å². The fourth-order valence-electron chi connectivity index (χ4n) is 11.7. The summed E-state index contributed by atoms with van der Waals surface area (Å²) in [5.41, 5.74) is 19.5. The monoisotopic (exact) mass is 670 g/mol. The van der Waals surface area contributed by atoms with Crippen LogP contribution in [0.15, 0.2) is 84.9 Å². The van der Waals surface area contributed by atoms with Crippen molar-refractivity contribution in [3.63, 3.8) is 0 Å². The minimum Gasteiger partial charge on any atom is -0.296 e. The van der Waals surface area contributed by atoms with Gasteiger partial charge in [-0.3, -0.25) is 8.97 Å². The van der Waals surface area contributed by atoms with E-state index in [9.17, 15) is 0 Å². The topological polar surface area (TPSA) is 9.34 Å². The van der Waals surface area contributed by atoms with E-state index in [0.29, 0.717) is 5.92 Å². The van der Waals surface area contributed by atoms with Gasteiger partial charge in [0.1, 0.15) is 5.65 Å². The lowest BCUT2D eigenvalue weighted by atomic mass is 9.67. The number of halogens is 1. The molecule has 2 nitrogen and oxygen atoms in total. The zero-order valence-electron chi connectivity index (χ0n) is 29.7. The fraction of sp³-hybridized carbons (Fsp3) is 0.319. The zero-order valence-corrected chi connectivity index (χ0v) is 30.5. The maximum absolute atomic E-state index is 7.71. The molecule has 0 radical (unpaired) electrons. The summed E-state index contributed by atoms with van der Waals surface area (Å²) in [5, 5.41) is 3.49. The molecule has 248 valence electrons. The Balaban J connectivity index is 1.16. The first-order valence-electron chi connectivity index (χ1n) is 18.8. The summed E-state index contributed by atoms with van der Waals surface area (Å²) in [5.74, 6) is 3.28. The fourth-order valence-corrected chi connectivity index (χ4v) is 12.0. The molecule has 3 heteroatoms. The predicted molar refractivity (Wildman–Crippen MR) is 210 cm³/mol. The number of aryl methyl sites for hydroxylation is 3. The Kier molecular flexibility index (Phi) is 5.86. The maximum atomic E-state index is 7.71. The zero-order chi connectivity index (χ0) is 33.8. The van der Waals surface area contributed by atoms with E-state index in [-0.39, 0.29) is 5.41 Å². The molecule has 5 aliphatic carbocycles. The summed E-state index contributed by atoms with van der Waals surface area (Å²) in [4.78, 5) is 0. The van der Waals surface area contributed by atoms with E-state index in [1.807, 2.05) is 0 Å². The van der Waals surface area contributed by atoms with Gasteiger partial charge in [0.25, 0.3) is 0 Å². The van der Waals surface area contributed by atoms with Crippen LogP contribution in [-0.2, 0) is 5.41 Å². The third kappa shape index (κ3) is 3.81. The third-order valence-electron chi connectivity index (χ3n) is 13.4. The van der Waals surface area contributed by atoms with Crippen molar-refractivity contribution in [2.45, 2.75) is 84.0 Å². The summed E-state index contributed by atoms with van der Waals surface area (Å²) in [6.45, 7) is 11.5. The molecule has 5 aliphatic rings. The number of imidazole rings is 1. The lowest BCUT2D eigenvalue weighted by Crippen LogP contribution is -2.25. The third-order valence-corrected chi connectivity index (χ3v) is 13.8. The molecule has 0 amide bonds. The van der Waals surface area contributed by atoms with Gasteiger partial charge in [-0.25, -0.2) is 0 Å². The highest BCUT2D eigenvalue weighted by atomic mass is 35.5. The summed E-state index contributed by atoms with van der Waals surface area (Å²) in [7, 11) is 0. The van der Waals surface area contributed by atoms with Gasteiger partial charge >= 0.3 is 0 Å². The minimum atomic E-state index is -0.184. The van der Waals surface area contributed by atoms with Gasteiger partial charge in [-0.05, 0) is 156 Å². The smallest absolute Gasteiger partial charge is 0.123 e. The van der Waals surface area contributed by atoms with Gasteiger partial charge in [0, 0.05) is 22.2 Å². The second-order valence-corrected chi connectivity index (χ2v) is 17.4. The van der Waals surface area contributed by atoms with Crippen LogP contribution in [-0.4, -0.2) is 8.97 Å². The van der Waals surface area contributed by atoms with Crippen molar-refractivity contribution in [3.8, 4) is 27.9 Å². The van der Waals surface area contributed by atoms with Crippen molar-refractivity contribution >= 4 is 39.1 Å². The Morgan fingerprint density at radius 3 is 2.22 bits per heavy atom. The van der Waals surface area contributed by atoms with Crippen molar-refractivity contribution in [2.75, 3.05) is 0 Å². The quantitative estimate of drug-likeness (QED) is 0.173. The van der Waals surface area contributed by atoms with Gasteiger partial charge in [0.2, 0.25) is 0 Å². The van der Waals surface area contributed by atoms with Crippen molar-refractivity contribution in [3.05, 3.63) is 129 Å². The molecule has 0 saturated heterocycles. The van der Waals surface area contributed by atoms with Crippen molar-refractivity contribution in [1.29, 1.82) is 0 Å². The van der Waals surface area contributed by atoms with Crippen LogP contribution >= 0.6 is 11.6 Å². The van der Waals surface area contributed by atoms with Gasteiger partial charge in [0.05, 0.1) is 21.7 Å². The highest BCUT2D eigenvalue weighted by Gasteiger charge is 2.43. The average Bonchev–Trinajstić information content (AvgIpc) is 3.65. The molecule has 0 spiro atoms. The van der Waals surface area contributed by atoms with Crippen LogP contribution in [0.2, 0.25) is 5.02 Å². The maximum Gasteiger partial charge on any atom is 0.123 e. The summed E-state index contributed by atoms with van der Waals surface area (Å²) in [6, 6.07) is 32.7. The van der Waals surface area contributed by atoms with Crippen LogP contribution in [0.4, 0.5) is 0 Å². The number of fused-ring (bicyclic) bond motifs is 9. The molecule has 2 atom stereocenters. The minimum absolute atomic E-state index is 0.184. The molecule has 2 heterocycles. The first-order valence-corrected chi connectivity index (χ1v) is 19.2. The lowest BCUT2D eigenvalue weighted by molar-refractivity contribution is 0.166. The van der Waals surface area contributed by atoms with Crippen LogP contribution in [0.1, 0.15) is 96.9 Å². The van der Waals surface area contributed by atoms with Crippen molar-refractivity contribution in [1.82, 2.24) is 8.97 Å². The van der Waals surface area contributed by atoms with E-state index in [2.05, 4.69) is 129 Å². The molecule has 0 N–H and O–H groups in total. The molecule has 5 aromatic carbocycles. The highest BCUT2D eigenvalue weighted by molar-refractivity contribution is 6.35. The molecule has 2 saturated carbocycles. The number of hydrogen-bond donors (Lipinski definition) is 0. The largest absolute Gasteiger partial charge is 0.296 e. The van der Waals surface area contributed by atoms with Crippen LogP contribution in [0.5, 0.6) is 0 Å². The van der Waals surface area contributed by atoms with E-state index < -0.39 is 0 Å². The van der Waals surface area contributed by atoms with Crippen LogP contribution in [0.25, 0.3) is 55.4 Å². The van der Waals surface area contributed by atoms with Gasteiger partial charge in [-0.1, -0.05) is 86.1 Å². The number of aromatic nitrogens is 2. The molecule has 50 heavy (non-hydrogen) atoms. The molecular formula is C47H43ClN2. The van der Waals surface area contributed by atoms with E-state index in [0.717, 1.165) is 34.0 Å². The first-order chi connectivity index (χ1) is 24.2. The van der Waals surface area contributed by atoms with Gasteiger partial charge in [-0.2, -0.15) is 0 Å². The molecule has 0 aliphatic heterocycles. The lowest BCUT2D eigenvalue weighted by Gasteiger charge is -2.38. The Morgan fingerprint density at radius 1 is 0.680 bits per heavy atom. The molecule has 2 aromatic heterocycles. The van der Waals surface area contributed by atoms with Crippen molar-refractivity contribution < 1.29 is 0 Å². The molecule has 12 rings (SSSR count). The Morgan fingerprint density at radius 2 is 1.42 bits per heavy atom. The van der Waals surface area contributed by atoms with E-state index >= 15 is 0 Å². The van der Waals surface area contributed by atoms with Gasteiger partial charge in [-0.15, -0.1) is 0 Å². The normalized spacial score (nSPS) is 22.8. The molecule has 2 fully saturated rings. The summed E-state index contributed by atoms with van der Waals surface area (Å²) >= 11 is 7.71.